The fourth-order valence-electron chi connectivity index (χ4n) is 8.95. The Morgan fingerprint density at radius 2 is 0.433 bits per heavy atom. The Hall–Kier alpha value is -4.60. The van der Waals surface area contributed by atoms with Gasteiger partial charge in [-0.1, -0.05) is 121 Å². The number of nitrogens with zero attached hydrogens (tertiary/aromatic N) is 4. The van der Waals surface area contributed by atoms with Gasteiger partial charge in [-0.3, -0.25) is 20.0 Å². The molecule has 4 aliphatic rings. The van der Waals surface area contributed by atoms with Gasteiger partial charge in [0.1, 0.15) is 0 Å². The van der Waals surface area contributed by atoms with Gasteiger partial charge >= 0.3 is 0 Å². The van der Waals surface area contributed by atoms with Crippen LogP contribution in [0.2, 0.25) is 0 Å². The number of rotatable bonds is 10. The average molecular weight is 809 g/mol. The van der Waals surface area contributed by atoms with Crippen molar-refractivity contribution in [1.82, 2.24) is 0 Å². The molecule has 60 heavy (non-hydrogen) atoms. The van der Waals surface area contributed by atoms with E-state index in [1.54, 1.807) is 0 Å². The van der Waals surface area contributed by atoms with Crippen molar-refractivity contribution in [3.8, 4) is 0 Å². The largest absolute Gasteiger partial charge is 0.393 e. The van der Waals surface area contributed by atoms with Crippen LogP contribution in [-0.2, 0) is 0 Å². The van der Waals surface area contributed by atoms with Gasteiger partial charge in [-0.15, -0.1) is 0 Å². The molecule has 0 atom stereocenters. The van der Waals surface area contributed by atoms with Gasteiger partial charge in [0.15, 0.2) is 0 Å². The van der Waals surface area contributed by atoms with Gasteiger partial charge in [-0.05, 0) is 103 Å². The third-order valence-electron chi connectivity index (χ3n) is 12.5. The molecule has 8 heteroatoms. The molecule has 316 valence electrons. The van der Waals surface area contributed by atoms with E-state index in [2.05, 4.69) is 97.1 Å². The molecule has 4 aromatic rings. The zero-order valence-corrected chi connectivity index (χ0v) is 35.1. The van der Waals surface area contributed by atoms with E-state index in [4.69, 9.17) is 20.0 Å². The summed E-state index contributed by atoms with van der Waals surface area (Å²) < 4.78 is 0. The topological polar surface area (TPSA) is 130 Å². The number of aliphatic hydroxyl groups is 4. The van der Waals surface area contributed by atoms with Crippen molar-refractivity contribution in [3.63, 3.8) is 0 Å². The first-order chi connectivity index (χ1) is 29.4. The fourth-order valence-corrected chi connectivity index (χ4v) is 8.95. The average Bonchev–Trinajstić information content (AvgIpc) is 3.30. The summed E-state index contributed by atoms with van der Waals surface area (Å²) in [5.74, 6) is 0. The zero-order chi connectivity index (χ0) is 41.5. The molecule has 4 aliphatic carbocycles. The number of aliphatic hydroxyl groups excluding tert-OH is 4. The van der Waals surface area contributed by atoms with Gasteiger partial charge in [0.25, 0.3) is 0 Å². The lowest BCUT2D eigenvalue weighted by atomic mass is 9.91. The van der Waals surface area contributed by atoms with Crippen LogP contribution in [0.4, 0.5) is 0 Å². The quantitative estimate of drug-likeness (QED) is 0.119. The Kier molecular flexibility index (Phi) is 16.2. The molecule has 0 heterocycles. The molecule has 0 unspecified atom stereocenters. The number of benzene rings is 4. The Bertz CT molecular complexity index is 1690. The molecule has 4 aromatic carbocycles. The third-order valence-corrected chi connectivity index (χ3v) is 12.5. The van der Waals surface area contributed by atoms with E-state index in [0.29, 0.717) is 0 Å². The maximum absolute atomic E-state index is 9.91. The normalized spacial score (nSPS) is 28.3. The van der Waals surface area contributed by atoms with Crippen molar-refractivity contribution in [2.45, 2.75) is 151 Å². The molecule has 8 nitrogen and oxygen atoms in total. The first-order valence-corrected chi connectivity index (χ1v) is 22.6. The van der Waals surface area contributed by atoms with Crippen molar-refractivity contribution in [1.29, 1.82) is 0 Å². The van der Waals surface area contributed by atoms with Crippen LogP contribution in [0.5, 0.6) is 0 Å². The fraction of sp³-hybridized carbons (Fsp3) is 0.462. The molecule has 4 N–H and O–H groups in total. The summed E-state index contributed by atoms with van der Waals surface area (Å²) in [6.45, 7) is 0. The van der Waals surface area contributed by atoms with Crippen LogP contribution in [0.15, 0.2) is 141 Å². The lowest BCUT2D eigenvalue weighted by molar-refractivity contribution is 0.123. The standard InChI is InChI=1S/2C26H32N2O2/c2*29-23-15-11-21(12-16-23)27-25(19-7-3-1-4-8-19)26(20-9-5-2-6-10-20)28-22-13-17-24(30)18-14-22/h2*1-10,21-24,29-30H,11-18H2. The van der Waals surface area contributed by atoms with E-state index >= 15 is 0 Å². The summed E-state index contributed by atoms with van der Waals surface area (Å²) >= 11 is 0. The SMILES string of the molecule is OC1CCC(N=C(C(=NC2CCC(O)CC2)c2ccccc2)c2ccccc2)CC1.OC1CCC(N=C(C(=NC2CCC(O)CC2)c2ccccc2)c2ccccc2)CC1. The first kappa shape index (κ1) is 43.5. The van der Waals surface area contributed by atoms with Crippen LogP contribution in [0.1, 0.15) is 125 Å². The lowest BCUT2D eigenvalue weighted by Gasteiger charge is -2.26. The van der Waals surface area contributed by atoms with Crippen molar-refractivity contribution in [2.75, 3.05) is 0 Å². The maximum atomic E-state index is 9.91. The monoisotopic (exact) mass is 808 g/mol. The number of aliphatic imine (C=N–C) groups is 4. The molecule has 0 radical (unpaired) electrons. The summed E-state index contributed by atoms with van der Waals surface area (Å²) in [5.41, 5.74) is 8.15. The summed E-state index contributed by atoms with van der Waals surface area (Å²) in [6, 6.07) is 42.3. The van der Waals surface area contributed by atoms with Crippen molar-refractivity contribution in [2.24, 2.45) is 20.0 Å². The number of hydrogen-bond donors (Lipinski definition) is 4. The summed E-state index contributed by atoms with van der Waals surface area (Å²) in [7, 11) is 0. The molecule has 0 bridgehead atoms. The molecule has 0 amide bonds. The predicted molar refractivity (Wildman–Crippen MR) is 245 cm³/mol. The van der Waals surface area contributed by atoms with E-state index in [1.165, 1.54) is 0 Å². The summed E-state index contributed by atoms with van der Waals surface area (Å²) in [5, 5.41) is 39.6. The Balaban J connectivity index is 0.000000181. The van der Waals surface area contributed by atoms with Crippen molar-refractivity contribution < 1.29 is 20.4 Å². The first-order valence-electron chi connectivity index (χ1n) is 22.6. The molecule has 4 saturated carbocycles. The number of hydrogen-bond acceptors (Lipinski definition) is 8. The Morgan fingerprint density at radius 3 is 0.600 bits per heavy atom. The molecule has 0 spiro atoms. The van der Waals surface area contributed by atoms with Gasteiger partial charge < -0.3 is 20.4 Å². The van der Waals surface area contributed by atoms with Crippen LogP contribution >= 0.6 is 0 Å². The minimum atomic E-state index is -0.187. The molecule has 8 rings (SSSR count). The lowest BCUT2D eigenvalue weighted by Crippen LogP contribution is -2.27. The van der Waals surface area contributed by atoms with Crippen molar-refractivity contribution >= 4 is 22.8 Å². The van der Waals surface area contributed by atoms with Gasteiger partial charge in [-0.2, -0.15) is 0 Å². The molecule has 0 aliphatic heterocycles. The van der Waals surface area contributed by atoms with Crippen LogP contribution in [-0.4, -0.2) is 91.9 Å². The van der Waals surface area contributed by atoms with Crippen LogP contribution in [0.3, 0.4) is 0 Å². The molecular formula is C52H64N4O4. The zero-order valence-electron chi connectivity index (χ0n) is 35.1. The van der Waals surface area contributed by atoms with E-state index in [0.717, 1.165) is 148 Å². The second-order valence-corrected chi connectivity index (χ2v) is 17.2. The predicted octanol–water partition coefficient (Wildman–Crippen LogP) is 9.14. The van der Waals surface area contributed by atoms with Crippen LogP contribution in [0, 0.1) is 0 Å². The summed E-state index contributed by atoms with van der Waals surface area (Å²) in [4.78, 5) is 20.9. The Morgan fingerprint density at radius 1 is 0.267 bits per heavy atom. The van der Waals surface area contributed by atoms with Gasteiger partial charge in [0, 0.05) is 22.3 Å². The second kappa shape index (κ2) is 22.3. The van der Waals surface area contributed by atoms with E-state index < -0.39 is 0 Å². The maximum Gasteiger partial charge on any atom is 0.0908 e. The van der Waals surface area contributed by atoms with Gasteiger partial charge in [-0.25, -0.2) is 0 Å². The highest BCUT2D eigenvalue weighted by Gasteiger charge is 2.26. The molecule has 0 saturated heterocycles. The Labute approximate surface area is 357 Å². The van der Waals surface area contributed by atoms with E-state index in [1.807, 2.05) is 24.3 Å². The summed E-state index contributed by atoms with van der Waals surface area (Å²) in [6.07, 6.45) is 13.1. The highest BCUT2D eigenvalue weighted by Crippen LogP contribution is 2.28. The molecule has 0 aromatic heterocycles. The van der Waals surface area contributed by atoms with E-state index in [-0.39, 0.29) is 48.6 Å². The van der Waals surface area contributed by atoms with Crippen LogP contribution in [0.25, 0.3) is 0 Å². The minimum Gasteiger partial charge on any atom is -0.393 e. The smallest absolute Gasteiger partial charge is 0.0908 e. The van der Waals surface area contributed by atoms with E-state index in [9.17, 15) is 20.4 Å². The minimum absolute atomic E-state index is 0.187. The van der Waals surface area contributed by atoms with Crippen molar-refractivity contribution in [3.05, 3.63) is 144 Å². The molecule has 4 fully saturated rings. The third kappa shape index (κ3) is 12.7. The van der Waals surface area contributed by atoms with Crippen LogP contribution < -0.4 is 0 Å². The highest BCUT2D eigenvalue weighted by atomic mass is 16.3. The highest BCUT2D eigenvalue weighted by molar-refractivity contribution is 6.54. The second-order valence-electron chi connectivity index (χ2n) is 17.2. The van der Waals surface area contributed by atoms with Gasteiger partial charge in [0.2, 0.25) is 0 Å². The van der Waals surface area contributed by atoms with Gasteiger partial charge in [0.05, 0.1) is 71.4 Å². The molecular weight excluding hydrogens is 745 g/mol.